The van der Waals surface area contributed by atoms with Gasteiger partial charge in [0.15, 0.2) is 0 Å². The first kappa shape index (κ1) is 17.2. The van der Waals surface area contributed by atoms with E-state index in [-0.39, 0.29) is 0 Å². The summed E-state index contributed by atoms with van der Waals surface area (Å²) in [6, 6.07) is 18.1. The van der Waals surface area contributed by atoms with Gasteiger partial charge in [0.05, 0.1) is 11.0 Å². The maximum Gasteiger partial charge on any atom is 0.0562 e. The Bertz CT molecular complexity index is 1620. The summed E-state index contributed by atoms with van der Waals surface area (Å²) in [5.41, 5.74) is 9.15. The molecule has 2 heterocycles. The van der Waals surface area contributed by atoms with Gasteiger partial charge < -0.3 is 9.55 Å². The van der Waals surface area contributed by atoms with Gasteiger partial charge in [-0.1, -0.05) is 55.5 Å². The fourth-order valence-electron chi connectivity index (χ4n) is 5.62. The molecule has 1 atom stereocenters. The van der Waals surface area contributed by atoms with E-state index in [9.17, 15) is 0 Å². The second-order valence-corrected chi connectivity index (χ2v) is 9.10. The van der Waals surface area contributed by atoms with Crippen molar-refractivity contribution in [2.24, 2.45) is 5.92 Å². The van der Waals surface area contributed by atoms with Crippen LogP contribution in [-0.4, -0.2) is 9.55 Å². The molecule has 2 aliphatic carbocycles. The maximum atomic E-state index is 3.65. The number of nitrogens with one attached hydrogen (secondary N) is 1. The molecule has 31 heavy (non-hydrogen) atoms. The van der Waals surface area contributed by atoms with E-state index in [0.29, 0.717) is 5.92 Å². The summed E-state index contributed by atoms with van der Waals surface area (Å²) in [5.74, 6) is 0.557. The Balaban J connectivity index is 1.69. The number of nitrogens with zero attached hydrogens (tertiary/aromatic N) is 1. The van der Waals surface area contributed by atoms with E-state index < -0.39 is 0 Å². The number of fused-ring (bicyclic) bond motifs is 8. The van der Waals surface area contributed by atoms with Gasteiger partial charge in [0.1, 0.15) is 0 Å². The van der Waals surface area contributed by atoms with Crippen LogP contribution in [-0.2, 0) is 6.42 Å². The minimum atomic E-state index is 0.557. The molecule has 0 fully saturated rings. The molecule has 3 aromatic carbocycles. The first-order valence-electron chi connectivity index (χ1n) is 11.3. The number of benzene rings is 3. The molecule has 7 rings (SSSR count). The molecular weight excluding hydrogens is 376 g/mol. The molecule has 1 N–H and O–H groups in total. The summed E-state index contributed by atoms with van der Waals surface area (Å²) in [5, 5.41) is 5.35. The van der Waals surface area contributed by atoms with Crippen molar-refractivity contribution in [2.45, 2.75) is 26.2 Å². The van der Waals surface area contributed by atoms with Gasteiger partial charge in [0.2, 0.25) is 0 Å². The van der Waals surface area contributed by atoms with Gasteiger partial charge in [-0.3, -0.25) is 0 Å². The van der Waals surface area contributed by atoms with Crippen LogP contribution in [0.3, 0.4) is 0 Å². The summed E-state index contributed by atoms with van der Waals surface area (Å²) < 4.78 is 2.48. The summed E-state index contributed by atoms with van der Waals surface area (Å²) in [4.78, 5) is 3.65. The number of aromatic amines is 1. The van der Waals surface area contributed by atoms with Crippen LogP contribution >= 0.6 is 0 Å². The van der Waals surface area contributed by atoms with Gasteiger partial charge in [-0.25, -0.2) is 0 Å². The molecule has 2 aliphatic rings. The molecule has 2 aromatic heterocycles. The van der Waals surface area contributed by atoms with Crippen LogP contribution in [0, 0.1) is 5.92 Å². The molecule has 2 nitrogen and oxygen atoms in total. The van der Waals surface area contributed by atoms with Crippen LogP contribution in [0.1, 0.15) is 30.9 Å². The van der Waals surface area contributed by atoms with Gasteiger partial charge >= 0.3 is 0 Å². The van der Waals surface area contributed by atoms with Crippen molar-refractivity contribution in [3.63, 3.8) is 0 Å². The largest absolute Gasteiger partial charge is 0.354 e. The summed E-state index contributed by atoms with van der Waals surface area (Å²) in [6.45, 7) is 2.30. The number of allylic oxidation sites excluding steroid dienone is 5. The Kier molecular flexibility index (Phi) is 3.46. The zero-order valence-corrected chi connectivity index (χ0v) is 17.7. The van der Waals surface area contributed by atoms with Gasteiger partial charge in [-0.2, -0.15) is 0 Å². The summed E-state index contributed by atoms with van der Waals surface area (Å²) in [6.07, 6.45) is 15.1. The first-order valence-corrected chi connectivity index (χ1v) is 11.3. The molecule has 0 spiro atoms. The van der Waals surface area contributed by atoms with E-state index in [2.05, 4.69) is 95.4 Å². The van der Waals surface area contributed by atoms with E-state index in [0.717, 1.165) is 19.3 Å². The Hall–Kier alpha value is -3.52. The van der Waals surface area contributed by atoms with Crippen molar-refractivity contribution in [1.82, 2.24) is 9.55 Å². The van der Waals surface area contributed by atoms with Crippen molar-refractivity contribution >= 4 is 55.4 Å². The highest BCUT2D eigenvalue weighted by molar-refractivity contribution is 6.20. The van der Waals surface area contributed by atoms with E-state index in [4.69, 9.17) is 0 Å². The molecule has 0 aliphatic heterocycles. The third-order valence-corrected chi connectivity index (χ3v) is 7.06. The number of H-pyrrole nitrogens is 1. The summed E-state index contributed by atoms with van der Waals surface area (Å²) >= 11 is 0. The van der Waals surface area contributed by atoms with E-state index in [1.54, 1.807) is 0 Å². The number of aryl methyl sites for hydroxylation is 1. The second kappa shape index (κ2) is 6.24. The van der Waals surface area contributed by atoms with Crippen molar-refractivity contribution in [1.29, 1.82) is 0 Å². The van der Waals surface area contributed by atoms with Crippen molar-refractivity contribution < 1.29 is 0 Å². The third kappa shape index (κ3) is 2.39. The van der Waals surface area contributed by atoms with Crippen molar-refractivity contribution in [3.05, 3.63) is 84.0 Å². The Morgan fingerprint density at radius 3 is 2.74 bits per heavy atom. The van der Waals surface area contributed by atoms with E-state index in [1.807, 2.05) is 0 Å². The first-order chi connectivity index (χ1) is 15.3. The normalized spacial score (nSPS) is 18.4. The van der Waals surface area contributed by atoms with Crippen LogP contribution in [0.2, 0.25) is 0 Å². The van der Waals surface area contributed by atoms with Crippen LogP contribution in [0.4, 0.5) is 0 Å². The molecule has 0 radical (unpaired) electrons. The topological polar surface area (TPSA) is 20.7 Å². The zero-order valence-electron chi connectivity index (χ0n) is 17.7. The van der Waals surface area contributed by atoms with E-state index >= 15 is 0 Å². The molecular formula is C29H24N2. The molecule has 150 valence electrons. The zero-order chi connectivity index (χ0) is 20.5. The second-order valence-electron chi connectivity index (χ2n) is 9.10. The molecule has 0 saturated carbocycles. The lowest BCUT2D eigenvalue weighted by atomic mass is 9.93. The smallest absolute Gasteiger partial charge is 0.0562 e. The monoisotopic (exact) mass is 400 g/mol. The standard InChI is InChI=1S/C29H24N2/c1-18-7-6-9-20(15-18)31-27-14-13-19-8-2-3-10-21(19)29(27)24-16-23-22-11-4-5-12-25(22)30-26(23)17-28(24)31/h3-6,9-18,30H,2,7-8H2,1H3. The van der Waals surface area contributed by atoms with Crippen LogP contribution in [0.25, 0.3) is 55.4 Å². The average Bonchev–Trinajstić information content (AvgIpc) is 3.32. The fourth-order valence-corrected chi connectivity index (χ4v) is 5.62. The molecule has 1 unspecified atom stereocenters. The fraction of sp³-hybridized carbons (Fsp3) is 0.172. The molecule has 0 bridgehead atoms. The highest BCUT2D eigenvalue weighted by atomic mass is 15.0. The van der Waals surface area contributed by atoms with Crippen LogP contribution in [0.5, 0.6) is 0 Å². The number of hydrogen-bond donors (Lipinski definition) is 1. The highest BCUT2D eigenvalue weighted by Gasteiger charge is 2.20. The predicted octanol–water partition coefficient (Wildman–Crippen LogP) is 7.83. The summed E-state index contributed by atoms with van der Waals surface area (Å²) in [7, 11) is 0. The number of para-hydroxylation sites is 1. The van der Waals surface area contributed by atoms with Crippen LogP contribution < -0.4 is 0 Å². The van der Waals surface area contributed by atoms with Crippen molar-refractivity contribution in [2.75, 3.05) is 0 Å². The Morgan fingerprint density at radius 1 is 0.871 bits per heavy atom. The average molecular weight is 401 g/mol. The van der Waals surface area contributed by atoms with E-state index in [1.165, 1.54) is 60.4 Å². The van der Waals surface area contributed by atoms with Crippen LogP contribution in [0.15, 0.2) is 72.8 Å². The van der Waals surface area contributed by atoms with Crippen molar-refractivity contribution in [3.8, 4) is 0 Å². The molecule has 2 heteroatoms. The third-order valence-electron chi connectivity index (χ3n) is 7.06. The Morgan fingerprint density at radius 2 is 1.81 bits per heavy atom. The number of aromatic nitrogens is 2. The molecule has 0 amide bonds. The lowest BCUT2D eigenvalue weighted by Gasteiger charge is -2.16. The minimum Gasteiger partial charge on any atom is -0.354 e. The SMILES string of the molecule is CC1C=C(n2c3cc4[nH]c5ccccc5c4cc3c3c4c(ccc32)CCC=C4)C=CC1. The maximum absolute atomic E-state index is 3.65. The number of hydrogen-bond acceptors (Lipinski definition) is 0. The van der Waals surface area contributed by atoms with Gasteiger partial charge in [-0.05, 0) is 66.6 Å². The minimum absolute atomic E-state index is 0.557. The van der Waals surface area contributed by atoms with Gasteiger partial charge in [-0.15, -0.1) is 0 Å². The Labute approximate surface area is 181 Å². The van der Waals surface area contributed by atoms with Gasteiger partial charge in [0.25, 0.3) is 0 Å². The predicted molar refractivity (Wildman–Crippen MR) is 133 cm³/mol. The quantitative estimate of drug-likeness (QED) is 0.296. The molecule has 5 aromatic rings. The highest BCUT2D eigenvalue weighted by Crippen LogP contribution is 2.41. The van der Waals surface area contributed by atoms with Gasteiger partial charge in [0, 0.05) is 38.3 Å². The lowest BCUT2D eigenvalue weighted by Crippen LogP contribution is -2.02. The number of rotatable bonds is 1. The lowest BCUT2D eigenvalue weighted by molar-refractivity contribution is 0.735. The molecule has 0 saturated heterocycles.